The van der Waals surface area contributed by atoms with E-state index in [9.17, 15) is 12.8 Å². The van der Waals surface area contributed by atoms with Gasteiger partial charge < -0.3 is 5.32 Å². The Morgan fingerprint density at radius 3 is 2.25 bits per heavy atom. The van der Waals surface area contributed by atoms with Crippen molar-refractivity contribution >= 4 is 10.0 Å². The van der Waals surface area contributed by atoms with E-state index in [0.29, 0.717) is 0 Å². The van der Waals surface area contributed by atoms with Gasteiger partial charge in [0.05, 0.1) is 0 Å². The second-order valence-electron chi connectivity index (χ2n) is 6.42. The molecule has 6 heteroatoms. The molecule has 2 aromatic carbocycles. The van der Waals surface area contributed by atoms with Crippen LogP contribution in [0, 0.1) is 5.82 Å². The fraction of sp³-hybridized carbons (Fsp3) is 0.333. The summed E-state index contributed by atoms with van der Waals surface area (Å²) >= 11 is 0. The molecular formula is C18H23FN2O2S. The Morgan fingerprint density at radius 2 is 1.62 bits per heavy atom. The number of hydrogen-bond acceptors (Lipinski definition) is 3. The van der Waals surface area contributed by atoms with E-state index >= 15 is 0 Å². The molecule has 0 heterocycles. The van der Waals surface area contributed by atoms with Crippen molar-refractivity contribution in [1.29, 1.82) is 0 Å². The molecule has 4 nitrogen and oxygen atoms in total. The summed E-state index contributed by atoms with van der Waals surface area (Å²) in [6, 6.07) is 15.3. The zero-order valence-corrected chi connectivity index (χ0v) is 14.9. The highest BCUT2D eigenvalue weighted by molar-refractivity contribution is 7.89. The fourth-order valence-corrected chi connectivity index (χ4v) is 3.77. The molecule has 0 saturated heterocycles. The smallest absolute Gasteiger partial charge is 0.243 e. The minimum Gasteiger partial charge on any atom is -0.304 e. The van der Waals surface area contributed by atoms with Crippen LogP contribution < -0.4 is 10.0 Å². The average Bonchev–Trinajstić information content (AvgIpc) is 2.54. The topological polar surface area (TPSA) is 58.2 Å². The second kappa shape index (κ2) is 7.42. The number of halogens is 1. The van der Waals surface area contributed by atoms with Gasteiger partial charge in [-0.25, -0.2) is 17.5 Å². The number of hydrogen-bond donors (Lipinski definition) is 2. The third-order valence-corrected chi connectivity index (χ3v) is 5.17. The Hall–Kier alpha value is -1.76. The highest BCUT2D eigenvalue weighted by Crippen LogP contribution is 2.17. The van der Waals surface area contributed by atoms with Crippen LogP contribution in [0.25, 0.3) is 0 Å². The van der Waals surface area contributed by atoms with Crippen molar-refractivity contribution in [3.63, 3.8) is 0 Å². The van der Waals surface area contributed by atoms with Crippen molar-refractivity contribution in [2.45, 2.75) is 37.2 Å². The van der Waals surface area contributed by atoms with E-state index in [1.807, 2.05) is 51.1 Å². The van der Waals surface area contributed by atoms with Crippen LogP contribution in [0.1, 0.15) is 32.4 Å². The molecule has 2 N–H and O–H groups in total. The van der Waals surface area contributed by atoms with Crippen molar-refractivity contribution in [2.75, 3.05) is 6.54 Å². The molecule has 0 amide bonds. The molecule has 24 heavy (non-hydrogen) atoms. The highest BCUT2D eigenvalue weighted by atomic mass is 32.2. The largest absolute Gasteiger partial charge is 0.304 e. The Morgan fingerprint density at radius 1 is 1.04 bits per heavy atom. The predicted octanol–water partition coefficient (Wildman–Crippen LogP) is 3.23. The van der Waals surface area contributed by atoms with E-state index in [-0.39, 0.29) is 17.5 Å². The van der Waals surface area contributed by atoms with E-state index in [4.69, 9.17) is 0 Å². The van der Waals surface area contributed by atoms with Crippen molar-refractivity contribution < 1.29 is 12.8 Å². The van der Waals surface area contributed by atoms with Crippen LogP contribution in [0.3, 0.4) is 0 Å². The number of rotatable bonds is 7. The minimum absolute atomic E-state index is 0.0548. The Kier molecular flexibility index (Phi) is 5.74. The molecule has 0 bridgehead atoms. The Balaban J connectivity index is 2.03. The average molecular weight is 350 g/mol. The van der Waals surface area contributed by atoms with Gasteiger partial charge in [0.25, 0.3) is 0 Å². The van der Waals surface area contributed by atoms with Gasteiger partial charge in [0.2, 0.25) is 10.0 Å². The van der Waals surface area contributed by atoms with Gasteiger partial charge in [0.1, 0.15) is 10.7 Å². The number of benzene rings is 2. The normalized spacial score (nSPS) is 13.7. The summed E-state index contributed by atoms with van der Waals surface area (Å²) in [7, 11) is -3.89. The van der Waals surface area contributed by atoms with Gasteiger partial charge >= 0.3 is 0 Å². The first-order valence-corrected chi connectivity index (χ1v) is 9.26. The van der Waals surface area contributed by atoms with Crippen LogP contribution in [0.2, 0.25) is 0 Å². The maximum Gasteiger partial charge on any atom is 0.243 e. The lowest BCUT2D eigenvalue weighted by atomic mass is 10.0. The van der Waals surface area contributed by atoms with E-state index < -0.39 is 21.4 Å². The summed E-state index contributed by atoms with van der Waals surface area (Å²) in [5.41, 5.74) is 0.607. The molecule has 130 valence electrons. The fourth-order valence-electron chi connectivity index (χ4n) is 2.48. The lowest BCUT2D eigenvalue weighted by Gasteiger charge is -2.30. The van der Waals surface area contributed by atoms with E-state index in [1.54, 1.807) is 0 Å². The quantitative estimate of drug-likeness (QED) is 0.806. The van der Waals surface area contributed by atoms with Gasteiger partial charge in [0.15, 0.2) is 0 Å². The molecule has 0 aromatic heterocycles. The zero-order valence-electron chi connectivity index (χ0n) is 14.1. The second-order valence-corrected chi connectivity index (χ2v) is 8.15. The number of nitrogens with one attached hydrogen (secondary N) is 2. The van der Waals surface area contributed by atoms with Crippen LogP contribution in [0.4, 0.5) is 4.39 Å². The molecule has 2 aromatic rings. The number of sulfonamides is 1. The first kappa shape index (κ1) is 18.6. The highest BCUT2D eigenvalue weighted by Gasteiger charge is 2.25. The molecule has 2 rings (SSSR count). The van der Waals surface area contributed by atoms with E-state index in [2.05, 4.69) is 10.0 Å². The van der Waals surface area contributed by atoms with Gasteiger partial charge in [-0.3, -0.25) is 0 Å². The van der Waals surface area contributed by atoms with Gasteiger partial charge in [-0.15, -0.1) is 0 Å². The SMILES string of the molecule is CC(NC(C)(C)CNS(=O)(=O)c1ccccc1F)c1ccccc1. The van der Waals surface area contributed by atoms with E-state index in [1.165, 1.54) is 18.2 Å². The van der Waals surface area contributed by atoms with Gasteiger partial charge in [-0.1, -0.05) is 42.5 Å². The van der Waals surface area contributed by atoms with Gasteiger partial charge in [0, 0.05) is 18.1 Å². The van der Waals surface area contributed by atoms with Crippen LogP contribution in [-0.2, 0) is 10.0 Å². The molecule has 0 aliphatic heterocycles. The monoisotopic (exact) mass is 350 g/mol. The standard InChI is InChI=1S/C18H23FN2O2S/c1-14(15-9-5-4-6-10-15)21-18(2,3)13-20-24(22,23)17-12-8-7-11-16(17)19/h4-12,14,20-21H,13H2,1-3H3. The lowest BCUT2D eigenvalue weighted by molar-refractivity contribution is 0.346. The molecule has 0 fully saturated rings. The van der Waals surface area contributed by atoms with Gasteiger partial charge in [-0.2, -0.15) is 0 Å². The summed E-state index contributed by atoms with van der Waals surface area (Å²) < 4.78 is 40.7. The van der Waals surface area contributed by atoms with Crippen LogP contribution in [0.15, 0.2) is 59.5 Å². The van der Waals surface area contributed by atoms with Crippen LogP contribution >= 0.6 is 0 Å². The first-order chi connectivity index (χ1) is 11.2. The first-order valence-electron chi connectivity index (χ1n) is 7.78. The molecule has 0 saturated carbocycles. The Bertz CT molecular complexity index is 777. The minimum atomic E-state index is -3.89. The molecule has 1 atom stereocenters. The van der Waals surface area contributed by atoms with Crippen molar-refractivity contribution in [3.8, 4) is 0 Å². The van der Waals surface area contributed by atoms with Crippen LogP contribution in [0.5, 0.6) is 0 Å². The Labute approximate surface area is 143 Å². The maximum absolute atomic E-state index is 13.7. The predicted molar refractivity (Wildman–Crippen MR) is 93.7 cm³/mol. The summed E-state index contributed by atoms with van der Waals surface area (Å²) in [4.78, 5) is -0.336. The zero-order chi connectivity index (χ0) is 17.8. The van der Waals surface area contributed by atoms with Crippen molar-refractivity contribution in [3.05, 3.63) is 66.0 Å². The van der Waals surface area contributed by atoms with Gasteiger partial charge in [-0.05, 0) is 38.5 Å². The van der Waals surface area contributed by atoms with Crippen molar-refractivity contribution in [2.24, 2.45) is 0 Å². The van der Waals surface area contributed by atoms with E-state index in [0.717, 1.165) is 11.6 Å². The van der Waals surface area contributed by atoms with Crippen molar-refractivity contribution in [1.82, 2.24) is 10.0 Å². The molecule has 0 aliphatic carbocycles. The lowest BCUT2D eigenvalue weighted by Crippen LogP contribution is -2.49. The molecular weight excluding hydrogens is 327 g/mol. The summed E-state index contributed by atoms with van der Waals surface area (Å²) in [6.07, 6.45) is 0. The third-order valence-electron chi connectivity index (χ3n) is 3.74. The molecule has 0 aliphatic rings. The summed E-state index contributed by atoms with van der Waals surface area (Å²) in [6.45, 7) is 5.95. The summed E-state index contributed by atoms with van der Waals surface area (Å²) in [5.74, 6) is -0.756. The maximum atomic E-state index is 13.7. The molecule has 0 spiro atoms. The molecule has 0 radical (unpaired) electrons. The molecule has 1 unspecified atom stereocenters. The van der Waals surface area contributed by atoms with Crippen LogP contribution in [-0.4, -0.2) is 20.5 Å². The third kappa shape index (κ3) is 4.87. The summed E-state index contributed by atoms with van der Waals surface area (Å²) in [5, 5.41) is 3.39.